The molecule has 0 aliphatic carbocycles. The third kappa shape index (κ3) is 3.66. The van der Waals surface area contributed by atoms with Crippen molar-refractivity contribution in [1.29, 1.82) is 0 Å². The van der Waals surface area contributed by atoms with Gasteiger partial charge in [-0.2, -0.15) is 0 Å². The zero-order chi connectivity index (χ0) is 14.7. The quantitative estimate of drug-likeness (QED) is 0.610. The van der Waals surface area contributed by atoms with Gasteiger partial charge in [-0.15, -0.1) is 0 Å². The van der Waals surface area contributed by atoms with Gasteiger partial charge in [0.25, 0.3) is 0 Å². The molecule has 2 aromatic rings. The van der Waals surface area contributed by atoms with E-state index in [-0.39, 0.29) is 10.6 Å². The highest BCUT2D eigenvalue weighted by Crippen LogP contribution is 2.35. The maximum atomic E-state index is 13.4. The van der Waals surface area contributed by atoms with Crippen molar-refractivity contribution >= 4 is 39.1 Å². The smallest absolute Gasteiger partial charge is 0.123 e. The third-order valence-electron chi connectivity index (χ3n) is 2.93. The number of rotatable bonds is 4. The molecular formula is C15H12BrCl2FO. The number of halogens is 4. The lowest BCUT2D eigenvalue weighted by molar-refractivity contribution is 0.408. The molecule has 0 saturated heterocycles. The minimum Gasteiger partial charge on any atom is -0.496 e. The van der Waals surface area contributed by atoms with Crippen LogP contribution in [0.4, 0.5) is 4.39 Å². The first-order chi connectivity index (χ1) is 9.51. The van der Waals surface area contributed by atoms with Crippen LogP contribution in [-0.2, 0) is 6.42 Å². The zero-order valence-electron chi connectivity index (χ0n) is 10.7. The molecule has 0 bridgehead atoms. The van der Waals surface area contributed by atoms with Gasteiger partial charge in [-0.1, -0.05) is 45.2 Å². The minimum absolute atomic E-state index is 0.0783. The zero-order valence-corrected chi connectivity index (χ0v) is 13.8. The topological polar surface area (TPSA) is 9.23 Å². The molecule has 1 unspecified atom stereocenters. The van der Waals surface area contributed by atoms with E-state index >= 15 is 0 Å². The number of hydrogen-bond acceptors (Lipinski definition) is 1. The summed E-state index contributed by atoms with van der Waals surface area (Å²) in [4.78, 5) is -0.0783. The predicted molar refractivity (Wildman–Crippen MR) is 84.8 cm³/mol. The Balaban J connectivity index is 2.25. The highest BCUT2D eigenvalue weighted by atomic mass is 79.9. The van der Waals surface area contributed by atoms with Gasteiger partial charge in [-0.05, 0) is 42.3 Å². The molecule has 0 fully saturated rings. The molecule has 0 aliphatic rings. The van der Waals surface area contributed by atoms with Crippen molar-refractivity contribution in [3.8, 4) is 5.75 Å². The highest BCUT2D eigenvalue weighted by Gasteiger charge is 2.15. The van der Waals surface area contributed by atoms with Gasteiger partial charge in [0.05, 0.1) is 17.2 Å². The fourth-order valence-electron chi connectivity index (χ4n) is 1.93. The fraction of sp³-hybridized carbons (Fsp3) is 0.200. The van der Waals surface area contributed by atoms with Gasteiger partial charge < -0.3 is 4.74 Å². The molecule has 0 aromatic heterocycles. The number of methoxy groups -OCH3 is 1. The normalized spacial score (nSPS) is 12.2. The Morgan fingerprint density at radius 2 is 1.90 bits per heavy atom. The Bertz CT molecular complexity index is 619. The Morgan fingerprint density at radius 1 is 1.15 bits per heavy atom. The SMILES string of the molecule is COc1ccc(F)cc1C(Br)Cc1ccc(Cl)c(Cl)c1. The standard InChI is InChI=1S/C15H12BrCl2FO/c1-20-15-5-3-10(19)8-11(15)12(16)6-9-2-4-13(17)14(18)7-9/h2-5,7-8,12H,6H2,1H3. The van der Waals surface area contributed by atoms with Crippen LogP contribution < -0.4 is 4.74 Å². The van der Waals surface area contributed by atoms with E-state index in [2.05, 4.69) is 15.9 Å². The largest absolute Gasteiger partial charge is 0.496 e. The van der Waals surface area contributed by atoms with E-state index in [1.807, 2.05) is 12.1 Å². The summed E-state index contributed by atoms with van der Waals surface area (Å²) in [6.07, 6.45) is 0.650. The molecule has 0 aliphatic heterocycles. The van der Waals surface area contributed by atoms with Crippen molar-refractivity contribution < 1.29 is 9.13 Å². The monoisotopic (exact) mass is 376 g/mol. The summed E-state index contributed by atoms with van der Waals surface area (Å²) in [6, 6.07) is 9.92. The van der Waals surface area contributed by atoms with Gasteiger partial charge in [0.15, 0.2) is 0 Å². The van der Waals surface area contributed by atoms with E-state index in [4.69, 9.17) is 27.9 Å². The molecule has 0 spiro atoms. The van der Waals surface area contributed by atoms with Crippen LogP contribution >= 0.6 is 39.1 Å². The van der Waals surface area contributed by atoms with Crippen molar-refractivity contribution in [2.24, 2.45) is 0 Å². The third-order valence-corrected chi connectivity index (χ3v) is 4.48. The van der Waals surface area contributed by atoms with Gasteiger partial charge in [-0.3, -0.25) is 0 Å². The van der Waals surface area contributed by atoms with E-state index in [0.717, 1.165) is 11.1 Å². The van der Waals surface area contributed by atoms with Crippen molar-refractivity contribution in [1.82, 2.24) is 0 Å². The van der Waals surface area contributed by atoms with Crippen LogP contribution in [0.1, 0.15) is 16.0 Å². The maximum Gasteiger partial charge on any atom is 0.123 e. The average molecular weight is 378 g/mol. The molecule has 2 aromatic carbocycles. The van der Waals surface area contributed by atoms with Gasteiger partial charge in [-0.25, -0.2) is 4.39 Å². The second-order valence-corrected chi connectivity index (χ2v) is 6.23. The van der Waals surface area contributed by atoms with Gasteiger partial charge in [0.1, 0.15) is 11.6 Å². The minimum atomic E-state index is -0.292. The Kier molecular flexibility index (Phi) is 5.30. The van der Waals surface area contributed by atoms with Crippen molar-refractivity contribution in [3.05, 3.63) is 63.4 Å². The summed E-state index contributed by atoms with van der Waals surface area (Å²) in [5, 5.41) is 1.03. The fourth-order valence-corrected chi connectivity index (χ4v) is 2.99. The molecule has 0 radical (unpaired) electrons. The summed E-state index contributed by atoms with van der Waals surface area (Å²) in [5.41, 5.74) is 1.77. The molecule has 0 amide bonds. The molecule has 5 heteroatoms. The number of hydrogen-bond donors (Lipinski definition) is 0. The van der Waals surface area contributed by atoms with Gasteiger partial charge in [0, 0.05) is 10.4 Å². The van der Waals surface area contributed by atoms with E-state index in [1.54, 1.807) is 19.2 Å². The molecule has 106 valence electrons. The van der Waals surface area contributed by atoms with Gasteiger partial charge >= 0.3 is 0 Å². The van der Waals surface area contributed by atoms with Crippen LogP contribution in [0.25, 0.3) is 0 Å². The van der Waals surface area contributed by atoms with E-state index in [0.29, 0.717) is 22.2 Å². The Labute approximate surface area is 135 Å². The number of ether oxygens (including phenoxy) is 1. The van der Waals surface area contributed by atoms with Crippen LogP contribution in [0.3, 0.4) is 0 Å². The van der Waals surface area contributed by atoms with Crippen LogP contribution in [0.2, 0.25) is 10.0 Å². The summed E-state index contributed by atoms with van der Waals surface area (Å²) >= 11 is 15.5. The molecule has 0 saturated carbocycles. The van der Waals surface area contributed by atoms with E-state index < -0.39 is 0 Å². The lowest BCUT2D eigenvalue weighted by Gasteiger charge is -2.15. The van der Waals surface area contributed by atoms with Crippen molar-refractivity contribution in [3.63, 3.8) is 0 Å². The van der Waals surface area contributed by atoms with E-state index in [1.165, 1.54) is 12.1 Å². The molecule has 1 atom stereocenters. The van der Waals surface area contributed by atoms with E-state index in [9.17, 15) is 4.39 Å². The lowest BCUT2D eigenvalue weighted by atomic mass is 10.0. The summed E-state index contributed by atoms with van der Waals surface area (Å²) in [6.45, 7) is 0. The van der Waals surface area contributed by atoms with Crippen molar-refractivity contribution in [2.45, 2.75) is 11.2 Å². The maximum absolute atomic E-state index is 13.4. The number of alkyl halides is 1. The predicted octanol–water partition coefficient (Wildman–Crippen LogP) is 5.82. The van der Waals surface area contributed by atoms with Crippen LogP contribution in [0.5, 0.6) is 5.75 Å². The molecule has 0 heterocycles. The highest BCUT2D eigenvalue weighted by molar-refractivity contribution is 9.09. The van der Waals surface area contributed by atoms with Gasteiger partial charge in [0.2, 0.25) is 0 Å². The lowest BCUT2D eigenvalue weighted by Crippen LogP contribution is -2.00. The van der Waals surface area contributed by atoms with Crippen molar-refractivity contribution in [2.75, 3.05) is 7.11 Å². The summed E-state index contributed by atoms with van der Waals surface area (Å²) < 4.78 is 18.6. The van der Waals surface area contributed by atoms with Crippen LogP contribution in [-0.4, -0.2) is 7.11 Å². The Morgan fingerprint density at radius 3 is 2.55 bits per heavy atom. The summed E-state index contributed by atoms with van der Waals surface area (Å²) in [5.74, 6) is 0.354. The number of benzene rings is 2. The van der Waals surface area contributed by atoms with Crippen LogP contribution in [0.15, 0.2) is 36.4 Å². The second-order valence-electron chi connectivity index (χ2n) is 4.31. The molecule has 20 heavy (non-hydrogen) atoms. The first-order valence-electron chi connectivity index (χ1n) is 5.92. The second kappa shape index (κ2) is 6.79. The molecular weight excluding hydrogens is 366 g/mol. The molecule has 0 N–H and O–H groups in total. The first kappa shape index (κ1) is 15.6. The molecule has 1 nitrogen and oxygen atoms in total. The average Bonchev–Trinajstić information content (AvgIpc) is 2.43. The first-order valence-corrected chi connectivity index (χ1v) is 7.60. The molecule has 2 rings (SSSR count). The summed E-state index contributed by atoms with van der Waals surface area (Å²) in [7, 11) is 1.57. The van der Waals surface area contributed by atoms with Crippen LogP contribution in [0, 0.1) is 5.82 Å². The Hall–Kier alpha value is -0.770.